The lowest BCUT2D eigenvalue weighted by atomic mass is 9.94. The van der Waals surface area contributed by atoms with Gasteiger partial charge in [0.05, 0.1) is 6.04 Å². The molecule has 1 atom stereocenters. The van der Waals surface area contributed by atoms with Crippen LogP contribution in [-0.2, 0) is 0 Å². The van der Waals surface area contributed by atoms with Crippen molar-refractivity contribution in [2.75, 3.05) is 13.1 Å². The number of piperidine rings is 1. The molecule has 22 heavy (non-hydrogen) atoms. The minimum Gasteiger partial charge on any atom is -0.328 e. The average molecular weight is 335 g/mol. The maximum absolute atomic E-state index is 6.47. The first-order chi connectivity index (χ1) is 10.6. The molecule has 3 rings (SSSR count). The minimum atomic E-state index is 0.125. The fourth-order valence-corrected chi connectivity index (χ4v) is 3.58. The van der Waals surface area contributed by atoms with E-state index in [1.165, 1.54) is 5.56 Å². The fourth-order valence-electron chi connectivity index (χ4n) is 3.14. The molecule has 1 fully saturated rings. The third-order valence-electron chi connectivity index (χ3n) is 4.30. The Labute approximate surface area is 141 Å². The smallest absolute Gasteiger partial charge is 0.0617 e. The van der Waals surface area contributed by atoms with Crippen LogP contribution in [0.1, 0.15) is 30.0 Å². The quantitative estimate of drug-likeness (QED) is 0.894. The van der Waals surface area contributed by atoms with E-state index in [1.54, 1.807) is 0 Å². The van der Waals surface area contributed by atoms with Gasteiger partial charge in [-0.3, -0.25) is 4.90 Å². The third-order valence-corrected chi connectivity index (χ3v) is 4.88. The molecule has 116 valence electrons. The SMILES string of the molecule is NC1CCN(C(c2cccc(Cl)c2)c2ccccc2Cl)CC1. The summed E-state index contributed by atoms with van der Waals surface area (Å²) in [6.45, 7) is 1.95. The molecule has 1 heterocycles. The second-order valence-electron chi connectivity index (χ2n) is 5.85. The van der Waals surface area contributed by atoms with E-state index in [0.29, 0.717) is 6.04 Å². The molecule has 0 spiro atoms. The van der Waals surface area contributed by atoms with Crippen molar-refractivity contribution < 1.29 is 0 Å². The van der Waals surface area contributed by atoms with E-state index in [1.807, 2.05) is 36.4 Å². The van der Waals surface area contributed by atoms with E-state index < -0.39 is 0 Å². The van der Waals surface area contributed by atoms with Gasteiger partial charge >= 0.3 is 0 Å². The Bertz CT molecular complexity index is 636. The minimum absolute atomic E-state index is 0.125. The second kappa shape index (κ2) is 7.01. The number of halogens is 2. The molecular formula is C18H20Cl2N2. The fraction of sp³-hybridized carbons (Fsp3) is 0.333. The van der Waals surface area contributed by atoms with Crippen LogP contribution >= 0.6 is 23.2 Å². The lowest BCUT2D eigenvalue weighted by Gasteiger charge is -2.37. The van der Waals surface area contributed by atoms with Crippen LogP contribution in [-0.4, -0.2) is 24.0 Å². The highest BCUT2D eigenvalue weighted by molar-refractivity contribution is 6.31. The summed E-state index contributed by atoms with van der Waals surface area (Å²) in [6.07, 6.45) is 2.03. The van der Waals surface area contributed by atoms with Gasteiger partial charge in [0.25, 0.3) is 0 Å². The average Bonchev–Trinajstić information content (AvgIpc) is 2.51. The Hall–Kier alpha value is -1.06. The summed E-state index contributed by atoms with van der Waals surface area (Å²) in [5.74, 6) is 0. The highest BCUT2D eigenvalue weighted by Gasteiger charge is 2.27. The van der Waals surface area contributed by atoms with Gasteiger partial charge < -0.3 is 5.73 Å². The van der Waals surface area contributed by atoms with Crippen LogP contribution in [0.3, 0.4) is 0 Å². The second-order valence-corrected chi connectivity index (χ2v) is 6.70. The summed E-state index contributed by atoms with van der Waals surface area (Å²) in [5.41, 5.74) is 8.36. The zero-order valence-corrected chi connectivity index (χ0v) is 13.9. The van der Waals surface area contributed by atoms with Gasteiger partial charge in [0.15, 0.2) is 0 Å². The molecule has 0 aromatic heterocycles. The number of benzene rings is 2. The molecule has 2 aromatic rings. The number of rotatable bonds is 3. The maximum atomic E-state index is 6.47. The molecule has 0 amide bonds. The summed E-state index contributed by atoms with van der Waals surface area (Å²) in [5, 5.41) is 1.55. The highest BCUT2D eigenvalue weighted by Crippen LogP contribution is 2.35. The summed E-state index contributed by atoms with van der Waals surface area (Å²) >= 11 is 12.7. The lowest BCUT2D eigenvalue weighted by Crippen LogP contribution is -2.42. The summed E-state index contributed by atoms with van der Waals surface area (Å²) in [6, 6.07) is 16.5. The van der Waals surface area contributed by atoms with Crippen molar-refractivity contribution in [2.24, 2.45) is 5.73 Å². The van der Waals surface area contributed by atoms with Crippen molar-refractivity contribution in [3.8, 4) is 0 Å². The van der Waals surface area contributed by atoms with E-state index >= 15 is 0 Å². The number of likely N-dealkylation sites (tertiary alicyclic amines) is 1. The molecular weight excluding hydrogens is 315 g/mol. The molecule has 1 aliphatic heterocycles. The van der Waals surface area contributed by atoms with Gasteiger partial charge in [0.2, 0.25) is 0 Å². The molecule has 2 aromatic carbocycles. The van der Waals surface area contributed by atoms with E-state index in [4.69, 9.17) is 28.9 Å². The van der Waals surface area contributed by atoms with Crippen molar-refractivity contribution in [3.63, 3.8) is 0 Å². The molecule has 0 radical (unpaired) electrons. The number of hydrogen-bond donors (Lipinski definition) is 1. The van der Waals surface area contributed by atoms with Crippen LogP contribution in [0.15, 0.2) is 48.5 Å². The molecule has 0 saturated carbocycles. The van der Waals surface area contributed by atoms with Gasteiger partial charge in [-0.2, -0.15) is 0 Å². The largest absolute Gasteiger partial charge is 0.328 e. The molecule has 0 bridgehead atoms. The molecule has 1 saturated heterocycles. The zero-order valence-electron chi connectivity index (χ0n) is 12.4. The van der Waals surface area contributed by atoms with Gasteiger partial charge in [-0.05, 0) is 42.2 Å². The van der Waals surface area contributed by atoms with Gasteiger partial charge in [0.1, 0.15) is 0 Å². The van der Waals surface area contributed by atoms with Crippen LogP contribution in [0.5, 0.6) is 0 Å². The Morgan fingerprint density at radius 1 is 1.00 bits per heavy atom. The van der Waals surface area contributed by atoms with E-state index in [9.17, 15) is 0 Å². The van der Waals surface area contributed by atoms with E-state index in [-0.39, 0.29) is 6.04 Å². The Morgan fingerprint density at radius 3 is 2.41 bits per heavy atom. The lowest BCUT2D eigenvalue weighted by molar-refractivity contribution is 0.175. The molecule has 4 heteroatoms. The van der Waals surface area contributed by atoms with Crippen LogP contribution in [0.25, 0.3) is 0 Å². The van der Waals surface area contributed by atoms with Crippen molar-refractivity contribution in [1.29, 1.82) is 0 Å². The van der Waals surface area contributed by atoms with E-state index in [2.05, 4.69) is 17.0 Å². The third kappa shape index (κ3) is 3.47. The van der Waals surface area contributed by atoms with Crippen molar-refractivity contribution in [1.82, 2.24) is 4.90 Å². The highest BCUT2D eigenvalue weighted by atomic mass is 35.5. The Morgan fingerprint density at radius 2 is 1.73 bits per heavy atom. The molecule has 0 aliphatic carbocycles. The molecule has 2 nitrogen and oxygen atoms in total. The molecule has 2 N–H and O–H groups in total. The van der Waals surface area contributed by atoms with Crippen LogP contribution in [0.4, 0.5) is 0 Å². The van der Waals surface area contributed by atoms with Gasteiger partial charge in [0, 0.05) is 29.2 Å². The van der Waals surface area contributed by atoms with Crippen molar-refractivity contribution >= 4 is 23.2 Å². The number of hydrogen-bond acceptors (Lipinski definition) is 2. The summed E-state index contributed by atoms with van der Waals surface area (Å²) in [7, 11) is 0. The first kappa shape index (κ1) is 15.8. The first-order valence-electron chi connectivity index (χ1n) is 7.64. The summed E-state index contributed by atoms with van der Waals surface area (Å²) < 4.78 is 0. The standard InChI is InChI=1S/C18H20Cl2N2/c19-14-5-3-4-13(12-14)18(16-6-1-2-7-17(16)20)22-10-8-15(21)9-11-22/h1-7,12,15,18H,8-11,21H2. The van der Waals surface area contributed by atoms with Crippen molar-refractivity contribution in [2.45, 2.75) is 24.9 Å². The predicted octanol–water partition coefficient (Wildman–Crippen LogP) is 4.51. The zero-order chi connectivity index (χ0) is 15.5. The number of nitrogens with two attached hydrogens (primary N) is 1. The molecule has 1 aliphatic rings. The molecule has 1 unspecified atom stereocenters. The van der Waals surface area contributed by atoms with Gasteiger partial charge in [-0.25, -0.2) is 0 Å². The maximum Gasteiger partial charge on any atom is 0.0617 e. The van der Waals surface area contributed by atoms with Crippen molar-refractivity contribution in [3.05, 3.63) is 69.7 Å². The monoisotopic (exact) mass is 334 g/mol. The Kier molecular flexibility index (Phi) is 5.04. The van der Waals surface area contributed by atoms with Crippen LogP contribution in [0, 0.1) is 0 Å². The van der Waals surface area contributed by atoms with Crippen LogP contribution < -0.4 is 5.73 Å². The topological polar surface area (TPSA) is 29.3 Å². The normalized spacial score (nSPS) is 18.3. The first-order valence-corrected chi connectivity index (χ1v) is 8.40. The summed E-state index contributed by atoms with van der Waals surface area (Å²) in [4.78, 5) is 2.45. The van der Waals surface area contributed by atoms with E-state index in [0.717, 1.165) is 41.5 Å². The van der Waals surface area contributed by atoms with Crippen LogP contribution in [0.2, 0.25) is 10.0 Å². The Balaban J connectivity index is 2.01. The van der Waals surface area contributed by atoms with Gasteiger partial charge in [-0.15, -0.1) is 0 Å². The predicted molar refractivity (Wildman–Crippen MR) is 93.5 cm³/mol. The van der Waals surface area contributed by atoms with Gasteiger partial charge in [-0.1, -0.05) is 53.5 Å². The number of nitrogens with zero attached hydrogens (tertiary/aromatic N) is 1.